The smallest absolute Gasteiger partial charge is 0.317 e. The topological polar surface area (TPSA) is 0 Å². The molecule has 4 atom stereocenters. The minimum absolute atomic E-state index is 0. The summed E-state index contributed by atoms with van der Waals surface area (Å²) < 4.78 is 0. The van der Waals surface area contributed by atoms with Gasteiger partial charge in [0, 0.05) is 0 Å². The molecule has 0 N–H and O–H groups in total. The summed E-state index contributed by atoms with van der Waals surface area (Å²) >= 11 is 0. The SMILES string of the molecule is C1=CC([CH-]CC2C=Cc3ccccc32)c2ccccc21.C1=CC([CH-]CC2C=Cc3ccccc32)c2ccccc21.[Zr+2]. The molecule has 0 nitrogen and oxygen atoms in total. The fourth-order valence-electron chi connectivity index (χ4n) is 6.61. The minimum Gasteiger partial charge on any atom is -0.317 e. The van der Waals surface area contributed by atoms with Crippen LogP contribution in [0.2, 0.25) is 0 Å². The van der Waals surface area contributed by atoms with Gasteiger partial charge in [-0.25, -0.2) is 0 Å². The number of hydrogen-bond donors (Lipinski definition) is 0. The fraction of sp³-hybridized carbons (Fsp3) is 0.150. The van der Waals surface area contributed by atoms with Crippen LogP contribution in [0.25, 0.3) is 24.3 Å². The van der Waals surface area contributed by atoms with Gasteiger partial charge in [0.1, 0.15) is 0 Å². The van der Waals surface area contributed by atoms with Crippen molar-refractivity contribution >= 4 is 24.3 Å². The second kappa shape index (κ2) is 12.7. The summed E-state index contributed by atoms with van der Waals surface area (Å²) in [5, 5.41) is 0. The number of fused-ring (bicyclic) bond motifs is 4. The molecular weight excluding hydrogens is 572 g/mol. The summed E-state index contributed by atoms with van der Waals surface area (Å²) in [5.74, 6) is 2.06. The summed E-state index contributed by atoms with van der Waals surface area (Å²) in [6.45, 7) is 0. The van der Waals surface area contributed by atoms with E-state index in [0.717, 1.165) is 12.8 Å². The Kier molecular flexibility index (Phi) is 8.64. The Balaban J connectivity index is 0.000000144. The third-order valence-corrected chi connectivity index (χ3v) is 8.77. The van der Waals surface area contributed by atoms with E-state index in [1.165, 1.54) is 44.5 Å². The zero-order chi connectivity index (χ0) is 26.7. The van der Waals surface area contributed by atoms with Gasteiger partial charge in [0.2, 0.25) is 0 Å². The second-order valence-corrected chi connectivity index (χ2v) is 11.2. The van der Waals surface area contributed by atoms with E-state index in [1.807, 2.05) is 0 Å². The Bertz CT molecular complexity index is 1390. The molecule has 0 radical (unpaired) electrons. The number of hydrogen-bond acceptors (Lipinski definition) is 0. The molecule has 0 saturated carbocycles. The summed E-state index contributed by atoms with van der Waals surface area (Å²) in [4.78, 5) is 0. The number of rotatable bonds is 6. The molecule has 4 aromatic rings. The second-order valence-electron chi connectivity index (χ2n) is 11.2. The third kappa shape index (κ3) is 5.89. The molecular formula is C40H34Zr. The van der Waals surface area contributed by atoms with Gasteiger partial charge in [0.15, 0.2) is 0 Å². The molecule has 0 bridgehead atoms. The van der Waals surface area contributed by atoms with Crippen molar-refractivity contribution in [2.24, 2.45) is 0 Å². The number of allylic oxidation sites excluding steroid dienone is 4. The van der Waals surface area contributed by atoms with E-state index in [2.05, 4.69) is 159 Å². The molecule has 0 fully saturated rings. The Morgan fingerprint density at radius 2 is 0.707 bits per heavy atom. The summed E-state index contributed by atoms with van der Waals surface area (Å²) in [5.41, 5.74) is 11.3. The maximum atomic E-state index is 2.46. The van der Waals surface area contributed by atoms with Crippen molar-refractivity contribution in [2.45, 2.75) is 36.5 Å². The van der Waals surface area contributed by atoms with Gasteiger partial charge < -0.3 is 12.8 Å². The van der Waals surface area contributed by atoms with Gasteiger partial charge in [0.25, 0.3) is 0 Å². The molecule has 198 valence electrons. The average Bonchev–Trinajstić information content (AvgIpc) is 3.80. The maximum absolute atomic E-state index is 2.46. The molecule has 0 amide bonds. The van der Waals surface area contributed by atoms with Gasteiger partial charge in [-0.1, -0.05) is 145 Å². The summed E-state index contributed by atoms with van der Waals surface area (Å²) in [7, 11) is 0. The van der Waals surface area contributed by atoms with Crippen LogP contribution in [0.3, 0.4) is 0 Å². The quantitative estimate of drug-likeness (QED) is 0.192. The average molecular weight is 606 g/mol. The van der Waals surface area contributed by atoms with Crippen molar-refractivity contribution in [2.75, 3.05) is 0 Å². The van der Waals surface area contributed by atoms with Crippen molar-refractivity contribution in [3.05, 3.63) is 179 Å². The standard InChI is InChI=1S/2C20H17.Zr/c2*1-3-7-19-15(5-1)9-11-17(19)13-14-18-12-10-16-6-2-4-8-20(16)18;/h2*1-13,17-18H,14H2;/q2*-1;+2. The molecule has 8 rings (SSSR count). The molecule has 4 aliphatic rings. The first kappa shape index (κ1) is 27.9. The molecule has 0 aromatic heterocycles. The molecule has 41 heavy (non-hydrogen) atoms. The van der Waals surface area contributed by atoms with Crippen molar-refractivity contribution in [1.29, 1.82) is 0 Å². The van der Waals surface area contributed by atoms with Crippen molar-refractivity contribution in [3.8, 4) is 0 Å². The molecule has 4 unspecified atom stereocenters. The Labute approximate surface area is 264 Å². The van der Waals surface area contributed by atoms with Crippen molar-refractivity contribution in [3.63, 3.8) is 0 Å². The molecule has 1 heteroatoms. The predicted octanol–water partition coefficient (Wildman–Crippen LogP) is 10.4. The predicted molar refractivity (Wildman–Crippen MR) is 171 cm³/mol. The Hall–Kier alpha value is -3.28. The zero-order valence-corrected chi connectivity index (χ0v) is 25.7. The normalized spacial score (nSPS) is 21.5. The van der Waals surface area contributed by atoms with Gasteiger partial charge in [-0.05, 0) is 45.2 Å². The van der Waals surface area contributed by atoms with E-state index in [-0.39, 0.29) is 26.2 Å². The van der Waals surface area contributed by atoms with Crippen LogP contribution >= 0.6 is 0 Å². The van der Waals surface area contributed by atoms with Crippen LogP contribution in [-0.2, 0) is 26.2 Å². The molecule has 4 aliphatic carbocycles. The summed E-state index contributed by atoms with van der Waals surface area (Å²) in [6, 6.07) is 34.8. The van der Waals surface area contributed by atoms with Crippen LogP contribution in [-0.4, -0.2) is 0 Å². The van der Waals surface area contributed by atoms with Crippen molar-refractivity contribution in [1.82, 2.24) is 0 Å². The van der Waals surface area contributed by atoms with Crippen LogP contribution in [0.5, 0.6) is 0 Å². The van der Waals surface area contributed by atoms with E-state index in [4.69, 9.17) is 0 Å². The van der Waals surface area contributed by atoms with Crippen LogP contribution in [0, 0.1) is 12.8 Å². The fourth-order valence-corrected chi connectivity index (χ4v) is 6.61. The van der Waals surface area contributed by atoms with E-state index in [1.54, 1.807) is 0 Å². The van der Waals surface area contributed by atoms with Crippen LogP contribution in [0.15, 0.2) is 121 Å². The van der Waals surface area contributed by atoms with Crippen LogP contribution in [0.4, 0.5) is 0 Å². The van der Waals surface area contributed by atoms with Crippen LogP contribution in [0.1, 0.15) is 81.0 Å². The first-order valence-corrected chi connectivity index (χ1v) is 14.6. The van der Waals surface area contributed by atoms with E-state index < -0.39 is 0 Å². The minimum atomic E-state index is 0. The van der Waals surface area contributed by atoms with Gasteiger partial charge in [0.05, 0.1) is 0 Å². The zero-order valence-electron chi connectivity index (χ0n) is 23.2. The number of benzene rings is 4. The van der Waals surface area contributed by atoms with Crippen LogP contribution < -0.4 is 0 Å². The first-order valence-electron chi connectivity index (χ1n) is 14.6. The van der Waals surface area contributed by atoms with Gasteiger partial charge >= 0.3 is 26.2 Å². The van der Waals surface area contributed by atoms with Gasteiger partial charge in [-0.15, -0.1) is 24.0 Å². The molecule has 0 spiro atoms. The van der Waals surface area contributed by atoms with Gasteiger partial charge in [-0.3, -0.25) is 0 Å². The van der Waals surface area contributed by atoms with Gasteiger partial charge in [-0.2, -0.15) is 12.8 Å². The Morgan fingerprint density at radius 3 is 1.12 bits per heavy atom. The monoisotopic (exact) mass is 604 g/mol. The molecule has 0 heterocycles. The molecule has 0 saturated heterocycles. The van der Waals surface area contributed by atoms with Crippen molar-refractivity contribution < 1.29 is 26.2 Å². The van der Waals surface area contributed by atoms with E-state index in [9.17, 15) is 0 Å². The van der Waals surface area contributed by atoms with E-state index >= 15 is 0 Å². The van der Waals surface area contributed by atoms with E-state index in [0.29, 0.717) is 23.7 Å². The Morgan fingerprint density at radius 1 is 0.390 bits per heavy atom. The maximum Gasteiger partial charge on any atom is 2.00 e. The molecule has 0 aliphatic heterocycles. The molecule has 4 aromatic carbocycles. The first-order chi connectivity index (χ1) is 19.8. The largest absolute Gasteiger partial charge is 2.00 e. The summed E-state index contributed by atoms with van der Waals surface area (Å²) in [6.07, 6.45) is 25.4. The third-order valence-electron chi connectivity index (χ3n) is 8.77.